The summed E-state index contributed by atoms with van der Waals surface area (Å²) in [5.74, 6) is 0. The molecule has 1 aromatic carbocycles. The van der Waals surface area contributed by atoms with Crippen LogP contribution in [-0.2, 0) is 17.7 Å². The van der Waals surface area contributed by atoms with Crippen molar-refractivity contribution in [3.05, 3.63) is 27.7 Å². The van der Waals surface area contributed by atoms with E-state index in [9.17, 15) is 17.8 Å². The molecule has 23 heavy (non-hydrogen) atoms. The number of hydrogen-bond acceptors (Lipinski definition) is 3. The number of hydrazine groups is 1. The molecule has 2 unspecified atom stereocenters. The molecule has 128 valence electrons. The Hall–Kier alpha value is -1.20. The number of urea groups is 1. The van der Waals surface area contributed by atoms with Crippen molar-refractivity contribution in [2.45, 2.75) is 25.6 Å². The van der Waals surface area contributed by atoms with Gasteiger partial charge in [0.2, 0.25) is 0 Å². The molecule has 0 aliphatic carbocycles. The van der Waals surface area contributed by atoms with Crippen LogP contribution in [-0.4, -0.2) is 31.9 Å². The van der Waals surface area contributed by atoms with E-state index in [0.29, 0.717) is 10.5 Å². The van der Waals surface area contributed by atoms with Gasteiger partial charge in [-0.25, -0.2) is 19.3 Å². The number of benzene rings is 1. The zero-order valence-electron chi connectivity index (χ0n) is 11.6. The van der Waals surface area contributed by atoms with Crippen molar-refractivity contribution in [3.63, 3.8) is 0 Å². The first-order chi connectivity index (χ1) is 10.6. The lowest BCUT2D eigenvalue weighted by Crippen LogP contribution is -2.53. The maximum atomic E-state index is 13.1. The molecular weight excluding hydrogens is 377 g/mol. The van der Waals surface area contributed by atoms with Gasteiger partial charge in [0.25, 0.3) is 11.3 Å². The Kier molecular flexibility index (Phi) is 5.31. The normalized spacial score (nSPS) is 22.4. The predicted molar refractivity (Wildman–Crippen MR) is 82.5 cm³/mol. The van der Waals surface area contributed by atoms with Crippen LogP contribution < -0.4 is 15.6 Å². The molecule has 2 atom stereocenters. The first-order valence-corrected chi connectivity index (χ1v) is 8.00. The van der Waals surface area contributed by atoms with Gasteiger partial charge in [0.15, 0.2) is 0 Å². The van der Waals surface area contributed by atoms with Gasteiger partial charge in [-0.15, -0.1) is 0 Å². The summed E-state index contributed by atoms with van der Waals surface area (Å²) in [5.41, 5.74) is 3.62. The van der Waals surface area contributed by atoms with Crippen molar-refractivity contribution in [1.82, 2.24) is 15.8 Å². The largest absolute Gasteiger partial charge is 0.337 e. The molecular formula is C11H12Cl2F2N4O3S. The Morgan fingerprint density at radius 3 is 2.65 bits per heavy atom. The molecule has 1 heterocycles. The minimum atomic E-state index is -3.02. The number of hydrogen-bond donors (Lipinski definition) is 4. The highest BCUT2D eigenvalue weighted by Gasteiger charge is 2.46. The summed E-state index contributed by atoms with van der Waals surface area (Å²) in [4.78, 5) is 11.8. The van der Waals surface area contributed by atoms with Crippen molar-refractivity contribution in [2.75, 3.05) is 4.72 Å². The van der Waals surface area contributed by atoms with Gasteiger partial charge in [0.05, 0.1) is 10.7 Å². The lowest BCUT2D eigenvalue weighted by Gasteiger charge is -2.32. The topological polar surface area (TPSA) is 93.7 Å². The van der Waals surface area contributed by atoms with Crippen molar-refractivity contribution in [1.29, 1.82) is 0 Å². The SMILES string of the molecule is CC1(Cc2cc(NS(=O)O)c(Cl)cc2Cl)NNC(=O)N1C(F)F. The number of alkyl halides is 2. The molecule has 12 heteroatoms. The zero-order valence-corrected chi connectivity index (χ0v) is 13.9. The summed E-state index contributed by atoms with van der Waals surface area (Å²) in [7, 11) is 0. The molecule has 2 amide bonds. The monoisotopic (exact) mass is 388 g/mol. The van der Waals surface area contributed by atoms with Crippen LogP contribution in [0.5, 0.6) is 0 Å². The van der Waals surface area contributed by atoms with Gasteiger partial charge < -0.3 is 0 Å². The molecule has 1 aliphatic heterocycles. The molecule has 2 rings (SSSR count). The molecule has 1 fully saturated rings. The Morgan fingerprint density at radius 1 is 1.43 bits per heavy atom. The predicted octanol–water partition coefficient (Wildman–Crippen LogP) is 2.55. The maximum absolute atomic E-state index is 13.1. The van der Waals surface area contributed by atoms with Gasteiger partial charge >= 0.3 is 12.6 Å². The van der Waals surface area contributed by atoms with Crippen LogP contribution in [0.3, 0.4) is 0 Å². The highest BCUT2D eigenvalue weighted by Crippen LogP contribution is 2.33. The second-order valence-electron chi connectivity index (χ2n) is 4.93. The van der Waals surface area contributed by atoms with E-state index < -0.39 is 29.5 Å². The highest BCUT2D eigenvalue weighted by molar-refractivity contribution is 7.80. The van der Waals surface area contributed by atoms with E-state index in [0.717, 1.165) is 0 Å². The Morgan fingerprint density at radius 2 is 2.09 bits per heavy atom. The molecule has 0 radical (unpaired) electrons. The molecule has 0 spiro atoms. The van der Waals surface area contributed by atoms with Crippen molar-refractivity contribution >= 4 is 46.2 Å². The smallest absolute Gasteiger partial charge is 0.289 e. The molecule has 0 aromatic heterocycles. The molecule has 0 bridgehead atoms. The number of nitrogens with one attached hydrogen (secondary N) is 3. The highest BCUT2D eigenvalue weighted by atomic mass is 35.5. The number of carbonyl (C=O) groups excluding carboxylic acids is 1. The Bertz CT molecular complexity index is 666. The molecule has 7 nitrogen and oxygen atoms in total. The average molecular weight is 389 g/mol. The summed E-state index contributed by atoms with van der Waals surface area (Å²) in [6, 6.07) is 1.70. The molecule has 1 saturated heterocycles. The third kappa shape index (κ3) is 3.83. The van der Waals surface area contributed by atoms with E-state index in [4.69, 9.17) is 27.8 Å². The van der Waals surface area contributed by atoms with Crippen LogP contribution in [0.15, 0.2) is 12.1 Å². The van der Waals surface area contributed by atoms with E-state index in [1.54, 1.807) is 0 Å². The van der Waals surface area contributed by atoms with E-state index in [-0.39, 0.29) is 22.2 Å². The van der Waals surface area contributed by atoms with Gasteiger partial charge in [0.1, 0.15) is 5.66 Å². The van der Waals surface area contributed by atoms with Gasteiger partial charge in [-0.05, 0) is 24.6 Å². The van der Waals surface area contributed by atoms with Crippen molar-refractivity contribution in [2.24, 2.45) is 0 Å². The van der Waals surface area contributed by atoms with Gasteiger partial charge in [-0.2, -0.15) is 8.78 Å². The molecule has 4 N–H and O–H groups in total. The summed E-state index contributed by atoms with van der Waals surface area (Å²) in [5, 5.41) is 0.256. The quantitative estimate of drug-likeness (QED) is 0.460. The van der Waals surface area contributed by atoms with Crippen LogP contribution in [0.1, 0.15) is 12.5 Å². The van der Waals surface area contributed by atoms with Crippen LogP contribution in [0.25, 0.3) is 0 Å². The van der Waals surface area contributed by atoms with Gasteiger partial charge in [0, 0.05) is 11.4 Å². The Labute approximate surface area is 142 Å². The van der Waals surface area contributed by atoms with E-state index in [2.05, 4.69) is 15.6 Å². The fourth-order valence-electron chi connectivity index (χ4n) is 2.24. The first-order valence-electron chi connectivity index (χ1n) is 6.14. The summed E-state index contributed by atoms with van der Waals surface area (Å²) >= 11 is 9.58. The van der Waals surface area contributed by atoms with Crippen LogP contribution >= 0.6 is 23.2 Å². The van der Waals surface area contributed by atoms with E-state index >= 15 is 0 Å². The average Bonchev–Trinajstić information content (AvgIpc) is 2.70. The molecule has 0 saturated carbocycles. The maximum Gasteiger partial charge on any atom is 0.337 e. The Balaban J connectivity index is 2.35. The van der Waals surface area contributed by atoms with Crippen molar-refractivity contribution in [3.8, 4) is 0 Å². The standard InChI is InChI=1S/C11H12Cl2F2N4O3S/c1-11(18-16-10(20)19(11)9(14)15)4-5-2-8(17-23(21)22)7(13)3-6(5)12/h2-3,9,17-18H,4H2,1H3,(H,16,20)(H,21,22). The van der Waals surface area contributed by atoms with Gasteiger partial charge in [-0.1, -0.05) is 23.2 Å². The number of halogens is 4. The minimum absolute atomic E-state index is 0.0885. The van der Waals surface area contributed by atoms with E-state index in [1.807, 2.05) is 0 Å². The lowest BCUT2D eigenvalue weighted by atomic mass is 10.0. The summed E-state index contributed by atoms with van der Waals surface area (Å²) < 4.78 is 48.1. The number of rotatable bonds is 5. The summed E-state index contributed by atoms with van der Waals surface area (Å²) in [6.45, 7) is -1.64. The third-order valence-corrected chi connectivity index (χ3v) is 4.31. The second-order valence-corrected chi connectivity index (χ2v) is 6.44. The first kappa shape index (κ1) is 18.1. The van der Waals surface area contributed by atoms with Crippen LogP contribution in [0.2, 0.25) is 10.0 Å². The lowest BCUT2D eigenvalue weighted by molar-refractivity contribution is -0.0453. The number of carbonyl (C=O) groups is 1. The van der Waals surface area contributed by atoms with E-state index in [1.165, 1.54) is 19.1 Å². The number of nitrogens with zero attached hydrogens (tertiary/aromatic N) is 1. The molecule has 1 aromatic rings. The second kappa shape index (κ2) is 6.73. The summed E-state index contributed by atoms with van der Waals surface area (Å²) in [6.07, 6.45) is -0.0984. The number of anilines is 1. The van der Waals surface area contributed by atoms with Crippen molar-refractivity contribution < 1.29 is 22.3 Å². The van der Waals surface area contributed by atoms with Gasteiger partial charge in [-0.3, -0.25) is 14.7 Å². The van der Waals surface area contributed by atoms with Crippen LogP contribution in [0, 0.1) is 0 Å². The fraction of sp³-hybridized carbons (Fsp3) is 0.364. The zero-order chi connectivity index (χ0) is 17.4. The van der Waals surface area contributed by atoms with Crippen LogP contribution in [0.4, 0.5) is 19.3 Å². The third-order valence-electron chi connectivity index (χ3n) is 3.25. The number of amides is 2. The fourth-order valence-corrected chi connectivity index (χ4v) is 3.15. The minimum Gasteiger partial charge on any atom is -0.289 e. The molecule has 1 aliphatic rings.